The summed E-state index contributed by atoms with van der Waals surface area (Å²) in [6.45, 7) is 4.57. The summed E-state index contributed by atoms with van der Waals surface area (Å²) in [5.41, 5.74) is 0. The van der Waals surface area contributed by atoms with Gasteiger partial charge in [0.2, 0.25) is 5.91 Å². The number of carbonyl (C=O) groups is 1. The lowest BCUT2D eigenvalue weighted by atomic mass is 10.0. The number of amides is 1. The van der Waals surface area contributed by atoms with Gasteiger partial charge in [-0.3, -0.25) is 9.36 Å². The van der Waals surface area contributed by atoms with Crippen LogP contribution in [0.15, 0.2) is 85.1 Å². The monoisotopic (exact) mass is 1180 g/mol. The Morgan fingerprint density at radius 1 is 0.434 bits per heavy atom. The number of carbonyl (C=O) groups excluding carboxylic acids is 1. The van der Waals surface area contributed by atoms with Gasteiger partial charge in [0.15, 0.2) is 0 Å². The number of rotatable bonds is 65. The molecule has 83 heavy (non-hydrogen) atoms. The van der Waals surface area contributed by atoms with Crippen molar-refractivity contribution < 1.29 is 32.9 Å². The van der Waals surface area contributed by atoms with E-state index in [1.54, 1.807) is 6.08 Å². The molecule has 0 radical (unpaired) electrons. The third-order valence-corrected chi connectivity index (χ3v) is 16.8. The number of aliphatic hydroxyl groups is 1. The minimum Gasteiger partial charge on any atom is -0.756 e. The van der Waals surface area contributed by atoms with E-state index in [1.807, 2.05) is 27.2 Å². The Labute approximate surface area is 516 Å². The zero-order valence-corrected chi connectivity index (χ0v) is 56.3. The van der Waals surface area contributed by atoms with E-state index in [-0.39, 0.29) is 19.1 Å². The van der Waals surface area contributed by atoms with Crippen LogP contribution >= 0.6 is 7.82 Å². The summed E-state index contributed by atoms with van der Waals surface area (Å²) in [7, 11) is 1.27. The van der Waals surface area contributed by atoms with Crippen molar-refractivity contribution in [2.24, 2.45) is 0 Å². The van der Waals surface area contributed by atoms with Crippen molar-refractivity contribution in [2.75, 3.05) is 40.9 Å². The van der Waals surface area contributed by atoms with Crippen molar-refractivity contribution in [3.05, 3.63) is 85.1 Å². The summed E-state index contributed by atoms with van der Waals surface area (Å²) in [6.07, 6.45) is 91.3. The van der Waals surface area contributed by atoms with Crippen LogP contribution in [0.3, 0.4) is 0 Å². The van der Waals surface area contributed by atoms with Crippen molar-refractivity contribution >= 4 is 13.7 Å². The van der Waals surface area contributed by atoms with Crippen molar-refractivity contribution in [3.8, 4) is 0 Å². The quantitative estimate of drug-likeness (QED) is 0.0272. The first-order valence-corrected chi connectivity index (χ1v) is 36.9. The minimum absolute atomic E-state index is 0.00285. The Bertz CT molecular complexity index is 1630. The molecule has 0 aliphatic heterocycles. The molecule has 2 N–H and O–H groups in total. The van der Waals surface area contributed by atoms with Gasteiger partial charge in [-0.15, -0.1) is 0 Å². The molecule has 9 heteroatoms. The number of nitrogens with zero attached hydrogens (tertiary/aromatic N) is 1. The predicted octanol–water partition coefficient (Wildman–Crippen LogP) is 22.1. The number of hydrogen-bond donors (Lipinski definition) is 2. The maximum absolute atomic E-state index is 13.0. The standard InChI is InChI=1S/C74H137N2O6P/c1-6-8-10-12-14-16-18-20-22-24-26-28-30-32-34-36-37-38-39-40-42-44-46-48-50-52-54-56-58-60-62-64-66-68-74(78)75-72(71-82-83(79,80)81-70-69-76(3,4)5)73(77)67-65-63-61-59-57-55-53-51-49-47-45-43-41-35-33-31-29-27-25-23-21-19-17-15-13-11-9-7-2/h8,10,14,16,20,22,26,28,32,34,37-38,65,67,72-73,77H,6-7,9,11-13,15,17-19,21,23-25,27,29-31,33,35-36,39-64,66,68-71H2,1-5H3,(H-,75,78,79,80)/b10-8-,16-14-,22-20-,28-26-,34-32-,38-37-,67-65+. The molecule has 0 aromatic carbocycles. The lowest BCUT2D eigenvalue weighted by molar-refractivity contribution is -0.870. The number of unbranched alkanes of at least 4 members (excludes halogenated alkanes) is 40. The number of phosphoric acid groups is 1. The summed E-state index contributed by atoms with van der Waals surface area (Å²) in [4.78, 5) is 25.6. The van der Waals surface area contributed by atoms with E-state index in [1.165, 1.54) is 231 Å². The van der Waals surface area contributed by atoms with E-state index in [9.17, 15) is 19.4 Å². The summed E-state index contributed by atoms with van der Waals surface area (Å²) < 4.78 is 23.5. The topological polar surface area (TPSA) is 108 Å². The van der Waals surface area contributed by atoms with Gasteiger partial charge in [-0.25, -0.2) is 0 Å². The zero-order chi connectivity index (χ0) is 60.5. The second-order valence-corrected chi connectivity index (χ2v) is 26.6. The van der Waals surface area contributed by atoms with Crippen LogP contribution in [0.4, 0.5) is 0 Å². The smallest absolute Gasteiger partial charge is 0.268 e. The van der Waals surface area contributed by atoms with Crippen molar-refractivity contribution in [1.82, 2.24) is 5.32 Å². The van der Waals surface area contributed by atoms with Gasteiger partial charge < -0.3 is 28.8 Å². The molecule has 8 nitrogen and oxygen atoms in total. The number of phosphoric ester groups is 1. The van der Waals surface area contributed by atoms with Crippen LogP contribution in [-0.4, -0.2) is 68.5 Å². The second kappa shape index (κ2) is 64.2. The third kappa shape index (κ3) is 67.1. The van der Waals surface area contributed by atoms with Crippen molar-refractivity contribution in [3.63, 3.8) is 0 Å². The fourth-order valence-electron chi connectivity index (χ4n) is 10.4. The van der Waals surface area contributed by atoms with Gasteiger partial charge in [-0.05, 0) is 70.6 Å². The van der Waals surface area contributed by atoms with E-state index < -0.39 is 20.0 Å². The average Bonchev–Trinajstić information content (AvgIpc) is 3.49. The van der Waals surface area contributed by atoms with E-state index >= 15 is 0 Å². The highest BCUT2D eigenvalue weighted by Gasteiger charge is 2.23. The first kappa shape index (κ1) is 80.7. The first-order chi connectivity index (χ1) is 40.5. The number of quaternary nitrogens is 1. The van der Waals surface area contributed by atoms with Crippen LogP contribution in [0.25, 0.3) is 0 Å². The molecule has 0 aromatic heterocycles. The molecule has 1 amide bonds. The molecule has 0 bridgehead atoms. The Kier molecular flexibility index (Phi) is 62.4. The van der Waals surface area contributed by atoms with E-state index in [4.69, 9.17) is 9.05 Å². The van der Waals surface area contributed by atoms with E-state index in [0.29, 0.717) is 17.4 Å². The number of nitrogens with one attached hydrogen (secondary N) is 1. The predicted molar refractivity (Wildman–Crippen MR) is 362 cm³/mol. The van der Waals surface area contributed by atoms with Crippen molar-refractivity contribution in [2.45, 2.75) is 341 Å². The number of hydrogen-bond acceptors (Lipinski definition) is 6. The molecule has 0 saturated carbocycles. The fourth-order valence-corrected chi connectivity index (χ4v) is 11.1. The normalized spacial score (nSPS) is 14.2. The van der Waals surface area contributed by atoms with Gasteiger partial charge in [-0.2, -0.15) is 0 Å². The molecule has 0 aliphatic carbocycles. The number of aliphatic hydroxyl groups excluding tert-OH is 1. The highest BCUT2D eigenvalue weighted by atomic mass is 31.2. The van der Waals surface area contributed by atoms with Crippen molar-refractivity contribution in [1.29, 1.82) is 0 Å². The van der Waals surface area contributed by atoms with Gasteiger partial charge in [0, 0.05) is 6.42 Å². The summed E-state index contributed by atoms with van der Waals surface area (Å²) in [5.74, 6) is -0.196. The van der Waals surface area contributed by atoms with Crippen LogP contribution in [0.2, 0.25) is 0 Å². The fraction of sp³-hybridized carbons (Fsp3) is 0.797. The lowest BCUT2D eigenvalue weighted by Gasteiger charge is -2.29. The van der Waals surface area contributed by atoms with E-state index in [2.05, 4.69) is 92.1 Å². The Morgan fingerprint density at radius 3 is 1.07 bits per heavy atom. The average molecular weight is 1180 g/mol. The summed E-state index contributed by atoms with van der Waals surface area (Å²) >= 11 is 0. The molecule has 0 aromatic rings. The van der Waals surface area contributed by atoms with Crippen LogP contribution in [0.5, 0.6) is 0 Å². The maximum atomic E-state index is 13.0. The van der Waals surface area contributed by atoms with Gasteiger partial charge in [-0.1, -0.05) is 336 Å². The molecule has 0 heterocycles. The largest absolute Gasteiger partial charge is 0.756 e. The molecule has 0 fully saturated rings. The molecular formula is C74H137N2O6P. The molecule has 0 saturated heterocycles. The zero-order valence-electron chi connectivity index (χ0n) is 55.4. The van der Waals surface area contributed by atoms with Gasteiger partial charge >= 0.3 is 0 Å². The Hall–Kier alpha value is -2.32. The summed E-state index contributed by atoms with van der Waals surface area (Å²) in [6, 6.07) is -0.893. The van der Waals surface area contributed by atoms with Crippen LogP contribution in [-0.2, 0) is 18.4 Å². The molecule has 0 aliphatic rings. The molecular weight excluding hydrogens is 1040 g/mol. The third-order valence-electron chi connectivity index (χ3n) is 15.9. The van der Waals surface area contributed by atoms with Gasteiger partial charge in [0.1, 0.15) is 13.2 Å². The lowest BCUT2D eigenvalue weighted by Crippen LogP contribution is -2.45. The maximum Gasteiger partial charge on any atom is 0.268 e. The molecule has 0 spiro atoms. The first-order valence-electron chi connectivity index (χ1n) is 35.4. The van der Waals surface area contributed by atoms with Gasteiger partial charge in [0.25, 0.3) is 7.82 Å². The molecule has 3 atom stereocenters. The van der Waals surface area contributed by atoms with Crippen LogP contribution in [0.1, 0.15) is 328 Å². The molecule has 3 unspecified atom stereocenters. The van der Waals surface area contributed by atoms with Gasteiger partial charge in [0.05, 0.1) is 39.9 Å². The minimum atomic E-state index is -4.61. The highest BCUT2D eigenvalue weighted by molar-refractivity contribution is 7.45. The highest BCUT2D eigenvalue weighted by Crippen LogP contribution is 2.38. The number of likely N-dealkylation sites (N-methyl/N-ethyl adjacent to an activating group) is 1. The Morgan fingerprint density at radius 2 is 0.735 bits per heavy atom. The van der Waals surface area contributed by atoms with Crippen LogP contribution < -0.4 is 10.2 Å². The number of allylic oxidation sites excluding steroid dienone is 13. The van der Waals surface area contributed by atoms with E-state index in [0.717, 1.165) is 77.0 Å². The SMILES string of the molecule is CC/C=C\C/C=C\C/C=C\C/C=C\C/C=C\C/C=C\CCCCCCCCCCCCCCCCC(=O)NC(COP(=O)([O-])OCC[N+](C)(C)C)C(O)/C=C/CCCCCCCCCCCCCCCCCCCCCCCCCCCC. The Balaban J connectivity index is 4.08. The molecule has 0 rings (SSSR count). The second-order valence-electron chi connectivity index (χ2n) is 25.2. The summed E-state index contributed by atoms with van der Waals surface area (Å²) in [5, 5.41) is 14.0. The molecule has 484 valence electrons. The van der Waals surface area contributed by atoms with Crippen LogP contribution in [0, 0.1) is 0 Å².